The molecule has 2 heterocycles. The van der Waals surface area contributed by atoms with Crippen molar-refractivity contribution in [1.82, 2.24) is 10.3 Å². The smallest absolute Gasteiger partial charge is 0.267 e. The fourth-order valence-electron chi connectivity index (χ4n) is 2.78. The first-order valence-corrected chi connectivity index (χ1v) is 9.08. The molecule has 3 rings (SSSR count). The first-order valence-electron chi connectivity index (χ1n) is 7.89. The molecule has 0 spiro atoms. The summed E-state index contributed by atoms with van der Waals surface area (Å²) in [7, 11) is 0. The van der Waals surface area contributed by atoms with Gasteiger partial charge in [0.2, 0.25) is 0 Å². The van der Waals surface area contributed by atoms with Gasteiger partial charge in [0.1, 0.15) is 11.5 Å². The Labute approximate surface area is 153 Å². The van der Waals surface area contributed by atoms with Crippen molar-refractivity contribution in [2.45, 2.75) is 26.4 Å². The highest BCUT2D eigenvalue weighted by Gasteiger charge is 2.15. The number of carbonyl (C=O) groups is 1. The van der Waals surface area contributed by atoms with Gasteiger partial charge in [-0.15, -0.1) is 11.3 Å². The molecule has 3 aromatic rings. The predicted octanol–water partition coefficient (Wildman–Crippen LogP) is 4.36. The molecule has 1 aromatic carbocycles. The zero-order valence-corrected chi connectivity index (χ0v) is 15.4. The number of carbonyl (C=O) groups excluding carboxylic acids is 1. The number of hydrogen-bond acceptors (Lipinski definition) is 3. The Kier molecular flexibility index (Phi) is 5.13. The second-order valence-electron chi connectivity index (χ2n) is 5.92. The van der Waals surface area contributed by atoms with Gasteiger partial charge in [-0.2, -0.15) is 0 Å². The summed E-state index contributed by atoms with van der Waals surface area (Å²) >= 11 is 7.73. The van der Waals surface area contributed by atoms with Gasteiger partial charge in [0, 0.05) is 11.4 Å². The number of hydrogen-bond donors (Lipinski definition) is 3. The molecule has 0 radical (unpaired) electrons. The number of aryl methyl sites for hydroxylation is 1. The first kappa shape index (κ1) is 17.9. The van der Waals surface area contributed by atoms with Crippen LogP contribution in [0.3, 0.4) is 0 Å². The van der Waals surface area contributed by atoms with Crippen LogP contribution in [0.15, 0.2) is 24.3 Å². The van der Waals surface area contributed by atoms with E-state index in [0.717, 1.165) is 20.7 Å². The van der Waals surface area contributed by atoms with Gasteiger partial charge in [0.25, 0.3) is 5.91 Å². The van der Waals surface area contributed by atoms with E-state index < -0.39 is 6.10 Å². The average molecular weight is 381 g/mol. The molecule has 1 amide bonds. The molecule has 0 aliphatic carbocycles. The van der Waals surface area contributed by atoms with Crippen molar-refractivity contribution in [2.75, 3.05) is 6.54 Å². The maximum absolute atomic E-state index is 13.3. The van der Waals surface area contributed by atoms with Crippen molar-refractivity contribution in [3.8, 4) is 0 Å². The standard InChI is InChI=1S/C18H18ClFN2O2S/c1-9(23)13-7-12(20)4-3-11(13)5-6-21-18(24)14-8-15-17(22-14)16(19)10(2)25-15/h3-4,7-9,22-23H,5-6H2,1-2H3,(H,21,24). The van der Waals surface area contributed by atoms with E-state index in [4.69, 9.17) is 11.6 Å². The SMILES string of the molecule is Cc1sc2cc(C(=O)NCCc3ccc(F)cc3C(C)O)[nH]c2c1Cl. The lowest BCUT2D eigenvalue weighted by Gasteiger charge is -2.12. The van der Waals surface area contributed by atoms with Gasteiger partial charge >= 0.3 is 0 Å². The highest BCUT2D eigenvalue weighted by molar-refractivity contribution is 7.19. The third kappa shape index (κ3) is 3.71. The van der Waals surface area contributed by atoms with Crippen molar-refractivity contribution in [3.63, 3.8) is 0 Å². The summed E-state index contributed by atoms with van der Waals surface area (Å²) in [4.78, 5) is 16.3. The molecule has 0 aliphatic heterocycles. The van der Waals surface area contributed by atoms with Crippen LogP contribution in [0.25, 0.3) is 10.2 Å². The Hall–Kier alpha value is -1.89. The fourth-order valence-corrected chi connectivity index (χ4v) is 4.05. The molecule has 25 heavy (non-hydrogen) atoms. The Morgan fingerprint density at radius 3 is 2.88 bits per heavy atom. The minimum Gasteiger partial charge on any atom is -0.389 e. The van der Waals surface area contributed by atoms with Gasteiger partial charge in [0.15, 0.2) is 0 Å². The van der Waals surface area contributed by atoms with E-state index in [1.54, 1.807) is 19.1 Å². The van der Waals surface area contributed by atoms with Crippen molar-refractivity contribution in [2.24, 2.45) is 0 Å². The van der Waals surface area contributed by atoms with Gasteiger partial charge in [-0.3, -0.25) is 4.79 Å². The Morgan fingerprint density at radius 2 is 2.20 bits per heavy atom. The normalized spacial score (nSPS) is 12.5. The molecular formula is C18H18ClFN2O2S. The molecule has 0 fully saturated rings. The van der Waals surface area contributed by atoms with E-state index >= 15 is 0 Å². The lowest BCUT2D eigenvalue weighted by Crippen LogP contribution is -2.26. The zero-order valence-electron chi connectivity index (χ0n) is 13.8. The lowest BCUT2D eigenvalue weighted by molar-refractivity contribution is 0.0950. The lowest BCUT2D eigenvalue weighted by atomic mass is 10.0. The van der Waals surface area contributed by atoms with Gasteiger partial charge in [-0.05, 0) is 49.6 Å². The number of aliphatic hydroxyl groups excluding tert-OH is 1. The first-order chi connectivity index (χ1) is 11.9. The number of nitrogens with one attached hydrogen (secondary N) is 2. The highest BCUT2D eigenvalue weighted by Crippen LogP contribution is 2.34. The van der Waals surface area contributed by atoms with Crippen molar-refractivity contribution >= 4 is 39.1 Å². The number of fused-ring (bicyclic) bond motifs is 1. The Bertz CT molecular complexity index is 933. The number of H-pyrrole nitrogens is 1. The summed E-state index contributed by atoms with van der Waals surface area (Å²) in [5.41, 5.74) is 2.59. The average Bonchev–Trinajstić information content (AvgIpc) is 3.09. The molecule has 4 nitrogen and oxygen atoms in total. The number of benzene rings is 1. The predicted molar refractivity (Wildman–Crippen MR) is 99.0 cm³/mol. The molecule has 1 unspecified atom stereocenters. The van der Waals surface area contributed by atoms with Gasteiger partial charge in [-0.25, -0.2) is 4.39 Å². The number of rotatable bonds is 5. The topological polar surface area (TPSA) is 65.1 Å². The molecule has 3 N–H and O–H groups in total. The van der Waals surface area contributed by atoms with Gasteiger partial charge < -0.3 is 15.4 Å². The number of thiophene rings is 1. The minimum atomic E-state index is -0.762. The summed E-state index contributed by atoms with van der Waals surface area (Å²) in [6.07, 6.45) is -0.261. The van der Waals surface area contributed by atoms with Crippen molar-refractivity contribution in [1.29, 1.82) is 0 Å². The van der Waals surface area contributed by atoms with Crippen LogP contribution in [-0.4, -0.2) is 22.5 Å². The van der Waals surface area contributed by atoms with Crippen LogP contribution >= 0.6 is 22.9 Å². The molecule has 0 saturated heterocycles. The minimum absolute atomic E-state index is 0.224. The second kappa shape index (κ2) is 7.15. The number of aliphatic hydroxyl groups is 1. The van der Waals surface area contributed by atoms with Crippen LogP contribution in [-0.2, 0) is 6.42 Å². The van der Waals surface area contributed by atoms with Gasteiger partial charge in [-0.1, -0.05) is 17.7 Å². The van der Waals surface area contributed by atoms with Crippen molar-refractivity contribution < 1.29 is 14.3 Å². The third-order valence-electron chi connectivity index (χ3n) is 4.06. The van der Waals surface area contributed by atoms with Crippen LogP contribution in [0.4, 0.5) is 4.39 Å². The van der Waals surface area contributed by atoms with Crippen LogP contribution in [0.5, 0.6) is 0 Å². The molecule has 1 atom stereocenters. The van der Waals surface area contributed by atoms with E-state index in [2.05, 4.69) is 10.3 Å². The maximum atomic E-state index is 13.3. The summed E-state index contributed by atoms with van der Waals surface area (Å²) < 4.78 is 14.3. The quantitative estimate of drug-likeness (QED) is 0.615. The Balaban J connectivity index is 1.66. The monoisotopic (exact) mass is 380 g/mol. The van der Waals surface area contributed by atoms with E-state index in [1.807, 2.05) is 6.92 Å². The van der Waals surface area contributed by atoms with Gasteiger partial charge in [0.05, 0.1) is 21.3 Å². The van der Waals surface area contributed by atoms with E-state index in [0.29, 0.717) is 29.2 Å². The largest absolute Gasteiger partial charge is 0.389 e. The third-order valence-corrected chi connectivity index (χ3v) is 5.69. The number of amides is 1. The summed E-state index contributed by atoms with van der Waals surface area (Å²) in [6.45, 7) is 3.90. The maximum Gasteiger partial charge on any atom is 0.267 e. The molecule has 0 bridgehead atoms. The highest BCUT2D eigenvalue weighted by atomic mass is 35.5. The van der Waals surface area contributed by atoms with Crippen LogP contribution in [0, 0.1) is 12.7 Å². The van der Waals surface area contributed by atoms with E-state index in [-0.39, 0.29) is 11.7 Å². The Morgan fingerprint density at radius 1 is 1.44 bits per heavy atom. The second-order valence-corrected chi connectivity index (χ2v) is 7.55. The van der Waals surface area contributed by atoms with E-state index in [9.17, 15) is 14.3 Å². The molecular weight excluding hydrogens is 363 g/mol. The van der Waals surface area contributed by atoms with E-state index in [1.165, 1.54) is 23.5 Å². The number of halogens is 2. The molecule has 2 aromatic heterocycles. The van der Waals surface area contributed by atoms with Crippen LogP contribution in [0.1, 0.15) is 39.5 Å². The zero-order chi connectivity index (χ0) is 18.1. The van der Waals surface area contributed by atoms with Crippen molar-refractivity contribution in [3.05, 3.63) is 56.8 Å². The number of aromatic amines is 1. The molecule has 132 valence electrons. The molecule has 7 heteroatoms. The summed E-state index contributed by atoms with van der Waals surface area (Å²) in [6, 6.07) is 6.10. The van der Waals surface area contributed by atoms with Crippen LogP contribution in [0.2, 0.25) is 5.02 Å². The molecule has 0 aliphatic rings. The van der Waals surface area contributed by atoms with Crippen LogP contribution < -0.4 is 5.32 Å². The molecule has 0 saturated carbocycles. The summed E-state index contributed by atoms with van der Waals surface area (Å²) in [5.74, 6) is -0.611. The number of aromatic nitrogens is 1. The summed E-state index contributed by atoms with van der Waals surface area (Å²) in [5, 5.41) is 13.2. The fraction of sp³-hybridized carbons (Fsp3) is 0.278.